The van der Waals surface area contributed by atoms with Gasteiger partial charge in [-0.1, -0.05) is 84.0 Å². The van der Waals surface area contributed by atoms with E-state index in [1.165, 1.54) is 77.0 Å². The third kappa shape index (κ3) is 15.6. The molecule has 0 heterocycles. The second kappa shape index (κ2) is 15.7. The van der Waals surface area contributed by atoms with Crippen LogP contribution >= 0.6 is 0 Å². The Hall–Kier alpha value is -0.313. The Labute approximate surface area is 123 Å². The van der Waals surface area contributed by atoms with Gasteiger partial charge in [0.15, 0.2) is 5.90 Å². The molecule has 0 fully saturated rings. The minimum atomic E-state index is 0.495. The zero-order chi connectivity index (χ0) is 14.2. The van der Waals surface area contributed by atoms with Crippen molar-refractivity contribution in [1.29, 1.82) is 5.41 Å². The molecular formula is C16H35NOSi. The van der Waals surface area contributed by atoms with Crippen LogP contribution in [0.5, 0.6) is 0 Å². The molecule has 19 heavy (non-hydrogen) atoms. The highest BCUT2D eigenvalue weighted by atomic mass is 28.2. The van der Waals surface area contributed by atoms with E-state index < -0.39 is 0 Å². The molecule has 0 saturated heterocycles. The van der Waals surface area contributed by atoms with E-state index in [4.69, 9.17) is 9.84 Å². The Morgan fingerprint density at radius 2 is 1.11 bits per heavy atom. The number of unbranched alkanes of at least 4 members (excludes halogenated alkanes) is 12. The number of hydrogen-bond acceptors (Lipinski definition) is 2. The van der Waals surface area contributed by atoms with Gasteiger partial charge in [-0.3, -0.25) is 5.41 Å². The van der Waals surface area contributed by atoms with Crippen molar-refractivity contribution >= 4 is 16.4 Å². The summed E-state index contributed by atoms with van der Waals surface area (Å²) < 4.78 is 4.98. The summed E-state index contributed by atoms with van der Waals surface area (Å²) in [6.45, 7) is 2.28. The number of hydrogen-bond donors (Lipinski definition) is 1. The molecule has 0 amide bonds. The highest BCUT2D eigenvalue weighted by Crippen LogP contribution is 2.12. The lowest BCUT2D eigenvalue weighted by Gasteiger charge is -2.04. The first-order chi connectivity index (χ1) is 9.31. The SMILES string of the molecule is CCCCCCCCCCCCCCCC(=N)O[SiH3]. The number of rotatable bonds is 14. The lowest BCUT2D eigenvalue weighted by Crippen LogP contribution is -1.99. The molecule has 0 aromatic heterocycles. The molecule has 0 aromatic rings. The van der Waals surface area contributed by atoms with Gasteiger partial charge in [-0.05, 0) is 6.42 Å². The van der Waals surface area contributed by atoms with Crippen LogP contribution in [0.2, 0.25) is 0 Å². The molecule has 3 heteroatoms. The molecule has 0 aromatic carbocycles. The molecule has 2 nitrogen and oxygen atoms in total. The van der Waals surface area contributed by atoms with Crippen LogP contribution in [0.4, 0.5) is 0 Å². The molecule has 0 aliphatic heterocycles. The maximum absolute atomic E-state index is 7.40. The molecule has 0 bridgehead atoms. The van der Waals surface area contributed by atoms with Crippen LogP contribution in [0.1, 0.15) is 96.8 Å². The van der Waals surface area contributed by atoms with Gasteiger partial charge in [0.1, 0.15) is 0 Å². The average molecular weight is 286 g/mol. The Bertz CT molecular complexity index is 197. The Morgan fingerprint density at radius 1 is 0.737 bits per heavy atom. The zero-order valence-electron chi connectivity index (χ0n) is 13.3. The van der Waals surface area contributed by atoms with E-state index >= 15 is 0 Å². The fourth-order valence-electron chi connectivity index (χ4n) is 2.41. The van der Waals surface area contributed by atoms with Crippen LogP contribution in [0.25, 0.3) is 0 Å². The molecule has 0 atom stereocenters. The normalized spacial score (nSPS) is 10.8. The van der Waals surface area contributed by atoms with E-state index in [-0.39, 0.29) is 0 Å². The first kappa shape index (κ1) is 18.7. The molecule has 0 aliphatic carbocycles. The van der Waals surface area contributed by atoms with Gasteiger partial charge in [-0.25, -0.2) is 0 Å². The fraction of sp³-hybridized carbons (Fsp3) is 0.938. The zero-order valence-corrected chi connectivity index (χ0v) is 15.3. The minimum Gasteiger partial charge on any atom is -0.544 e. The monoisotopic (exact) mass is 285 g/mol. The van der Waals surface area contributed by atoms with Crippen LogP contribution in [0.15, 0.2) is 0 Å². The van der Waals surface area contributed by atoms with Gasteiger partial charge >= 0.3 is 0 Å². The molecule has 0 radical (unpaired) electrons. The third-order valence-electron chi connectivity index (χ3n) is 3.75. The summed E-state index contributed by atoms with van der Waals surface area (Å²) in [5.41, 5.74) is 0. The van der Waals surface area contributed by atoms with Crippen LogP contribution < -0.4 is 0 Å². The summed E-state index contributed by atoms with van der Waals surface area (Å²) in [6, 6.07) is 0. The molecule has 0 spiro atoms. The quantitative estimate of drug-likeness (QED) is 0.213. The topological polar surface area (TPSA) is 33.1 Å². The Morgan fingerprint density at radius 3 is 1.47 bits per heavy atom. The minimum absolute atomic E-state index is 0.495. The summed E-state index contributed by atoms with van der Waals surface area (Å²) in [4.78, 5) is 0. The summed E-state index contributed by atoms with van der Waals surface area (Å²) >= 11 is 0. The average Bonchev–Trinajstić information content (AvgIpc) is 2.43. The van der Waals surface area contributed by atoms with Gasteiger partial charge in [0.2, 0.25) is 10.5 Å². The molecule has 0 rings (SSSR count). The van der Waals surface area contributed by atoms with Crippen molar-refractivity contribution in [2.24, 2.45) is 0 Å². The van der Waals surface area contributed by atoms with Gasteiger partial charge in [-0.2, -0.15) is 0 Å². The Balaban J connectivity index is 2.97. The maximum Gasteiger partial charge on any atom is 0.205 e. The van der Waals surface area contributed by atoms with Gasteiger partial charge in [0, 0.05) is 6.42 Å². The van der Waals surface area contributed by atoms with Crippen LogP contribution in [0, 0.1) is 5.41 Å². The predicted octanol–water partition coefficient (Wildman–Crippen LogP) is 4.74. The highest BCUT2D eigenvalue weighted by Gasteiger charge is 1.96. The molecule has 0 aliphatic rings. The van der Waals surface area contributed by atoms with Crippen molar-refractivity contribution < 1.29 is 4.43 Å². The molecule has 114 valence electrons. The second-order valence-corrected chi connectivity index (χ2v) is 6.03. The summed E-state index contributed by atoms with van der Waals surface area (Å²) in [5.74, 6) is 0.495. The van der Waals surface area contributed by atoms with Crippen LogP contribution in [-0.4, -0.2) is 16.4 Å². The summed E-state index contributed by atoms with van der Waals surface area (Å²) in [6.07, 6.45) is 18.8. The van der Waals surface area contributed by atoms with Gasteiger partial charge in [-0.15, -0.1) is 0 Å². The van der Waals surface area contributed by atoms with Gasteiger partial charge in [0.05, 0.1) is 0 Å². The van der Waals surface area contributed by atoms with Gasteiger partial charge < -0.3 is 4.43 Å². The maximum atomic E-state index is 7.40. The lowest BCUT2D eigenvalue weighted by atomic mass is 10.0. The smallest absolute Gasteiger partial charge is 0.205 e. The van der Waals surface area contributed by atoms with Crippen molar-refractivity contribution in [3.05, 3.63) is 0 Å². The highest BCUT2D eigenvalue weighted by molar-refractivity contribution is 6.05. The largest absolute Gasteiger partial charge is 0.544 e. The van der Waals surface area contributed by atoms with Crippen molar-refractivity contribution in [1.82, 2.24) is 0 Å². The van der Waals surface area contributed by atoms with E-state index in [1.807, 2.05) is 0 Å². The fourth-order valence-corrected chi connectivity index (χ4v) is 2.61. The predicted molar refractivity (Wildman–Crippen MR) is 89.1 cm³/mol. The summed E-state index contributed by atoms with van der Waals surface area (Å²) in [5, 5.41) is 7.40. The van der Waals surface area contributed by atoms with Gasteiger partial charge in [0.25, 0.3) is 0 Å². The van der Waals surface area contributed by atoms with E-state index in [0.29, 0.717) is 16.4 Å². The first-order valence-corrected chi connectivity index (χ1v) is 9.24. The van der Waals surface area contributed by atoms with Crippen LogP contribution in [-0.2, 0) is 4.43 Å². The summed E-state index contributed by atoms with van der Waals surface area (Å²) in [7, 11) is 0.669. The van der Waals surface area contributed by atoms with E-state index in [9.17, 15) is 0 Å². The number of nitrogens with one attached hydrogen (secondary N) is 1. The molecule has 0 unspecified atom stereocenters. The van der Waals surface area contributed by atoms with Crippen molar-refractivity contribution in [2.75, 3.05) is 0 Å². The van der Waals surface area contributed by atoms with Crippen LogP contribution in [0.3, 0.4) is 0 Å². The second-order valence-electron chi connectivity index (χ2n) is 5.62. The van der Waals surface area contributed by atoms with E-state index in [0.717, 1.165) is 12.8 Å². The molecule has 1 N–H and O–H groups in total. The molecule has 0 saturated carbocycles. The van der Waals surface area contributed by atoms with Crippen molar-refractivity contribution in [3.63, 3.8) is 0 Å². The molecular weight excluding hydrogens is 250 g/mol. The Kier molecular flexibility index (Phi) is 15.5. The third-order valence-corrected chi connectivity index (χ3v) is 4.25. The van der Waals surface area contributed by atoms with E-state index in [1.54, 1.807) is 0 Å². The van der Waals surface area contributed by atoms with E-state index in [2.05, 4.69) is 6.92 Å². The first-order valence-electron chi connectivity index (χ1n) is 8.42. The van der Waals surface area contributed by atoms with Crippen molar-refractivity contribution in [2.45, 2.75) is 96.8 Å². The standard InChI is InChI=1S/C16H35NOSi/c1-2-3-4-5-6-7-8-9-10-11-12-13-14-15-16(17)18-19/h17H,2-15H2,1,19H3. The van der Waals surface area contributed by atoms with Crippen molar-refractivity contribution in [3.8, 4) is 0 Å². The lowest BCUT2D eigenvalue weighted by molar-refractivity contribution is 0.532.